The highest BCUT2D eigenvalue weighted by molar-refractivity contribution is 7.90. The average molecular weight is 282 g/mol. The number of anilines is 1. The highest BCUT2D eigenvalue weighted by atomic mass is 32.2. The van der Waals surface area contributed by atoms with Gasteiger partial charge in [0.2, 0.25) is 0 Å². The van der Waals surface area contributed by atoms with Crippen LogP contribution in [0.3, 0.4) is 0 Å². The van der Waals surface area contributed by atoms with Gasteiger partial charge in [-0.3, -0.25) is 0 Å². The van der Waals surface area contributed by atoms with Crippen molar-refractivity contribution >= 4 is 15.5 Å². The third-order valence-electron chi connectivity index (χ3n) is 3.95. The van der Waals surface area contributed by atoms with E-state index in [0.29, 0.717) is 10.9 Å². The summed E-state index contributed by atoms with van der Waals surface area (Å²) >= 11 is 0. The maximum absolute atomic E-state index is 11.4. The lowest BCUT2D eigenvalue weighted by Crippen LogP contribution is -2.48. The monoisotopic (exact) mass is 282 g/mol. The summed E-state index contributed by atoms with van der Waals surface area (Å²) in [7, 11) is -1.09. The molecule has 1 saturated carbocycles. The quantitative estimate of drug-likeness (QED) is 0.918. The van der Waals surface area contributed by atoms with Crippen LogP contribution in [-0.4, -0.2) is 33.8 Å². The third kappa shape index (κ3) is 3.28. The number of benzene rings is 1. The predicted molar refractivity (Wildman–Crippen MR) is 78.2 cm³/mol. The van der Waals surface area contributed by atoms with Gasteiger partial charge < -0.3 is 10.6 Å². The first-order valence-corrected chi connectivity index (χ1v) is 8.57. The first kappa shape index (κ1) is 14.3. The van der Waals surface area contributed by atoms with Crippen molar-refractivity contribution in [2.24, 2.45) is 5.73 Å². The van der Waals surface area contributed by atoms with E-state index >= 15 is 0 Å². The molecule has 0 spiro atoms. The smallest absolute Gasteiger partial charge is 0.175 e. The van der Waals surface area contributed by atoms with Crippen molar-refractivity contribution in [3.05, 3.63) is 24.3 Å². The molecule has 0 amide bonds. The topological polar surface area (TPSA) is 63.4 Å². The van der Waals surface area contributed by atoms with Gasteiger partial charge in [0, 0.05) is 31.1 Å². The summed E-state index contributed by atoms with van der Waals surface area (Å²) in [5, 5.41) is 0. The largest absolute Gasteiger partial charge is 0.370 e. The van der Waals surface area contributed by atoms with Gasteiger partial charge in [0.05, 0.1) is 4.90 Å². The molecular weight excluding hydrogens is 260 g/mol. The van der Waals surface area contributed by atoms with Crippen LogP contribution in [-0.2, 0) is 9.84 Å². The molecule has 106 valence electrons. The van der Waals surface area contributed by atoms with Gasteiger partial charge in [-0.2, -0.15) is 0 Å². The minimum atomic E-state index is -3.12. The van der Waals surface area contributed by atoms with Gasteiger partial charge in [0.25, 0.3) is 0 Å². The summed E-state index contributed by atoms with van der Waals surface area (Å²) in [5.41, 5.74) is 7.20. The molecule has 0 aromatic heterocycles. The molecule has 19 heavy (non-hydrogen) atoms. The molecule has 1 aliphatic carbocycles. The lowest BCUT2D eigenvalue weighted by molar-refractivity contribution is 0.373. The molecule has 2 atom stereocenters. The Hall–Kier alpha value is -1.07. The molecule has 0 saturated heterocycles. The number of nitrogens with zero attached hydrogens (tertiary/aromatic N) is 1. The minimum Gasteiger partial charge on any atom is -0.370 e. The predicted octanol–water partition coefficient (Wildman–Crippen LogP) is 1.80. The van der Waals surface area contributed by atoms with Crippen LogP contribution in [0, 0.1) is 0 Å². The van der Waals surface area contributed by atoms with Crippen LogP contribution >= 0.6 is 0 Å². The lowest BCUT2D eigenvalue weighted by atomic mass is 9.90. The van der Waals surface area contributed by atoms with Crippen LogP contribution in [0.15, 0.2) is 29.2 Å². The molecule has 4 nitrogen and oxygen atoms in total. The molecule has 0 bridgehead atoms. The maximum atomic E-state index is 11.4. The average Bonchev–Trinajstić information content (AvgIpc) is 2.38. The number of nitrogens with two attached hydrogens (primary N) is 1. The number of sulfone groups is 1. The first-order chi connectivity index (χ1) is 8.89. The van der Waals surface area contributed by atoms with Crippen molar-refractivity contribution in [3.8, 4) is 0 Å². The SMILES string of the molecule is CN(c1ccc(S(C)(=O)=O)cc1)C1CCCCC1N. The Morgan fingerprint density at radius 2 is 1.74 bits per heavy atom. The number of rotatable bonds is 3. The van der Waals surface area contributed by atoms with Crippen molar-refractivity contribution in [1.29, 1.82) is 0 Å². The highest BCUT2D eigenvalue weighted by Gasteiger charge is 2.25. The Morgan fingerprint density at radius 3 is 2.26 bits per heavy atom. The Kier molecular flexibility index (Phi) is 4.16. The van der Waals surface area contributed by atoms with E-state index in [4.69, 9.17) is 5.73 Å². The second-order valence-electron chi connectivity index (χ2n) is 5.39. The molecule has 2 N–H and O–H groups in total. The summed E-state index contributed by atoms with van der Waals surface area (Å²) in [5.74, 6) is 0. The van der Waals surface area contributed by atoms with E-state index in [2.05, 4.69) is 4.90 Å². The van der Waals surface area contributed by atoms with Gasteiger partial charge >= 0.3 is 0 Å². The highest BCUT2D eigenvalue weighted by Crippen LogP contribution is 2.26. The zero-order chi connectivity index (χ0) is 14.0. The lowest BCUT2D eigenvalue weighted by Gasteiger charge is -2.37. The minimum absolute atomic E-state index is 0.202. The molecule has 0 aliphatic heterocycles. The van der Waals surface area contributed by atoms with Gasteiger partial charge in [-0.05, 0) is 37.1 Å². The van der Waals surface area contributed by atoms with E-state index in [9.17, 15) is 8.42 Å². The van der Waals surface area contributed by atoms with Crippen molar-refractivity contribution in [3.63, 3.8) is 0 Å². The van der Waals surface area contributed by atoms with E-state index in [1.807, 2.05) is 19.2 Å². The number of hydrogen-bond acceptors (Lipinski definition) is 4. The van der Waals surface area contributed by atoms with E-state index in [1.54, 1.807) is 12.1 Å². The second-order valence-corrected chi connectivity index (χ2v) is 7.41. The molecule has 1 aliphatic rings. The number of hydrogen-bond donors (Lipinski definition) is 1. The van der Waals surface area contributed by atoms with Gasteiger partial charge in [0.15, 0.2) is 9.84 Å². The summed E-state index contributed by atoms with van der Waals surface area (Å²) in [4.78, 5) is 2.54. The van der Waals surface area contributed by atoms with Crippen molar-refractivity contribution in [1.82, 2.24) is 0 Å². The summed E-state index contributed by atoms with van der Waals surface area (Å²) in [6, 6.07) is 7.59. The summed E-state index contributed by atoms with van der Waals surface area (Å²) in [6.07, 6.45) is 5.81. The zero-order valence-corrected chi connectivity index (χ0v) is 12.4. The fourth-order valence-corrected chi connectivity index (χ4v) is 3.37. The third-order valence-corrected chi connectivity index (χ3v) is 5.08. The van der Waals surface area contributed by atoms with Crippen molar-refractivity contribution in [2.75, 3.05) is 18.2 Å². The molecular formula is C14H22N2O2S. The fraction of sp³-hybridized carbons (Fsp3) is 0.571. The standard InChI is InChI=1S/C14H22N2O2S/c1-16(14-6-4-3-5-13(14)15)11-7-9-12(10-8-11)19(2,17)18/h7-10,13-14H,3-6,15H2,1-2H3. The van der Waals surface area contributed by atoms with Gasteiger partial charge in [0.1, 0.15) is 0 Å². The molecule has 2 rings (SSSR count). The Bertz CT molecular complexity index is 525. The van der Waals surface area contributed by atoms with Crippen LogP contribution in [0.1, 0.15) is 25.7 Å². The molecule has 1 aromatic rings. The molecule has 1 aromatic carbocycles. The zero-order valence-electron chi connectivity index (χ0n) is 11.5. The maximum Gasteiger partial charge on any atom is 0.175 e. The Balaban J connectivity index is 2.17. The van der Waals surface area contributed by atoms with Crippen LogP contribution in [0.25, 0.3) is 0 Å². The fourth-order valence-electron chi connectivity index (χ4n) is 2.74. The van der Waals surface area contributed by atoms with Crippen LogP contribution in [0.2, 0.25) is 0 Å². The van der Waals surface area contributed by atoms with E-state index < -0.39 is 9.84 Å². The molecule has 5 heteroatoms. The second kappa shape index (κ2) is 5.51. The number of likely N-dealkylation sites (N-methyl/N-ethyl adjacent to an activating group) is 1. The molecule has 0 radical (unpaired) electrons. The summed E-state index contributed by atoms with van der Waals surface area (Å²) in [6.45, 7) is 0. The molecule has 1 fully saturated rings. The van der Waals surface area contributed by atoms with E-state index in [0.717, 1.165) is 18.5 Å². The first-order valence-electron chi connectivity index (χ1n) is 6.68. The van der Waals surface area contributed by atoms with E-state index in [-0.39, 0.29) is 6.04 Å². The van der Waals surface area contributed by atoms with Gasteiger partial charge in [-0.15, -0.1) is 0 Å². The van der Waals surface area contributed by atoms with Crippen molar-refractivity contribution < 1.29 is 8.42 Å². The van der Waals surface area contributed by atoms with E-state index in [1.165, 1.54) is 19.1 Å². The van der Waals surface area contributed by atoms with Crippen molar-refractivity contribution in [2.45, 2.75) is 42.7 Å². The normalized spacial score (nSPS) is 24.2. The Morgan fingerprint density at radius 1 is 1.16 bits per heavy atom. The molecule has 0 heterocycles. The summed E-state index contributed by atoms with van der Waals surface area (Å²) < 4.78 is 22.9. The van der Waals surface area contributed by atoms with Gasteiger partial charge in [-0.1, -0.05) is 12.8 Å². The Labute approximate surface area is 115 Å². The molecule has 2 unspecified atom stereocenters. The van der Waals surface area contributed by atoms with Crippen LogP contribution in [0.5, 0.6) is 0 Å². The van der Waals surface area contributed by atoms with Crippen LogP contribution in [0.4, 0.5) is 5.69 Å². The van der Waals surface area contributed by atoms with Crippen LogP contribution < -0.4 is 10.6 Å². The van der Waals surface area contributed by atoms with Gasteiger partial charge in [-0.25, -0.2) is 8.42 Å².